The molecule has 0 N–H and O–H groups in total. The molecule has 0 unspecified atom stereocenters. The van der Waals surface area contributed by atoms with E-state index in [0.29, 0.717) is 0 Å². The molecule has 0 aromatic rings. The molecular weight excluding hydrogens is 158 g/mol. The fourth-order valence-corrected chi connectivity index (χ4v) is 2.34. The molecule has 1 nitrogen and oxygen atoms in total. The van der Waals surface area contributed by atoms with Gasteiger partial charge in [0.25, 0.3) is 0 Å². The Hall–Kier alpha value is -0.0400. The highest BCUT2D eigenvalue weighted by Gasteiger charge is 2.29. The van der Waals surface area contributed by atoms with E-state index < -0.39 is 0 Å². The molecule has 1 heterocycles. The van der Waals surface area contributed by atoms with E-state index in [1.54, 1.807) is 0 Å². The molecule has 1 aliphatic rings. The van der Waals surface area contributed by atoms with Gasteiger partial charge in [-0.25, -0.2) is 0 Å². The average molecular weight is 183 g/mol. The monoisotopic (exact) mass is 183 g/mol. The number of hydrogen-bond acceptors (Lipinski definition) is 1. The Balaban J connectivity index is 2.33. The van der Waals surface area contributed by atoms with Gasteiger partial charge in [0.15, 0.2) is 0 Å². The van der Waals surface area contributed by atoms with E-state index in [2.05, 4.69) is 32.6 Å². The van der Waals surface area contributed by atoms with Gasteiger partial charge in [-0.1, -0.05) is 26.7 Å². The van der Waals surface area contributed by atoms with Crippen LogP contribution in [0, 0.1) is 11.8 Å². The number of unbranched alkanes of at least 4 members (excludes halogenated alkanes) is 1. The fraction of sp³-hybridized carbons (Fsp3) is 1.00. The number of likely N-dealkylation sites (tertiary alicyclic amines) is 1. The van der Waals surface area contributed by atoms with Gasteiger partial charge in [0, 0.05) is 19.1 Å². The van der Waals surface area contributed by atoms with Crippen LogP contribution in [0.15, 0.2) is 0 Å². The Morgan fingerprint density at radius 3 is 2.46 bits per heavy atom. The van der Waals surface area contributed by atoms with Gasteiger partial charge in [-0.15, -0.1) is 0 Å². The third-order valence-electron chi connectivity index (χ3n) is 3.46. The highest BCUT2D eigenvalue weighted by Crippen LogP contribution is 2.28. The van der Waals surface area contributed by atoms with Crippen LogP contribution in [0.25, 0.3) is 0 Å². The van der Waals surface area contributed by atoms with Crippen LogP contribution in [-0.2, 0) is 0 Å². The van der Waals surface area contributed by atoms with E-state index in [-0.39, 0.29) is 0 Å². The Morgan fingerprint density at radius 1 is 1.31 bits per heavy atom. The summed E-state index contributed by atoms with van der Waals surface area (Å²) in [5, 5.41) is 0. The smallest absolute Gasteiger partial charge is 0.00388 e. The lowest BCUT2D eigenvalue weighted by molar-refractivity contribution is 0.260. The zero-order valence-corrected chi connectivity index (χ0v) is 9.71. The van der Waals surface area contributed by atoms with Gasteiger partial charge < -0.3 is 4.90 Å². The van der Waals surface area contributed by atoms with Crippen molar-refractivity contribution in [2.24, 2.45) is 11.8 Å². The van der Waals surface area contributed by atoms with Crippen LogP contribution in [0.1, 0.15) is 47.0 Å². The van der Waals surface area contributed by atoms with E-state index >= 15 is 0 Å². The summed E-state index contributed by atoms with van der Waals surface area (Å²) < 4.78 is 0. The maximum Gasteiger partial charge on any atom is 0.00388 e. The normalized spacial score (nSPS) is 30.2. The quantitative estimate of drug-likeness (QED) is 0.647. The number of nitrogens with zero attached hydrogens (tertiary/aromatic N) is 1. The molecule has 1 aliphatic heterocycles. The van der Waals surface area contributed by atoms with Gasteiger partial charge in [-0.05, 0) is 32.1 Å². The van der Waals surface area contributed by atoms with Crippen molar-refractivity contribution in [1.82, 2.24) is 4.90 Å². The van der Waals surface area contributed by atoms with Gasteiger partial charge in [0.1, 0.15) is 0 Å². The predicted molar refractivity (Wildman–Crippen MR) is 58.9 cm³/mol. The zero-order chi connectivity index (χ0) is 9.84. The molecule has 0 aliphatic carbocycles. The van der Waals surface area contributed by atoms with Crippen LogP contribution < -0.4 is 0 Å². The number of rotatable bonds is 4. The van der Waals surface area contributed by atoms with E-state index in [1.165, 1.54) is 32.4 Å². The van der Waals surface area contributed by atoms with Crippen LogP contribution in [-0.4, -0.2) is 24.0 Å². The largest absolute Gasteiger partial charge is 0.300 e. The van der Waals surface area contributed by atoms with Crippen molar-refractivity contribution in [3.8, 4) is 0 Å². The molecule has 13 heavy (non-hydrogen) atoms. The van der Waals surface area contributed by atoms with Crippen LogP contribution in [0.3, 0.4) is 0 Å². The summed E-state index contributed by atoms with van der Waals surface area (Å²) in [6, 6.07) is 0.745. The van der Waals surface area contributed by atoms with Crippen molar-refractivity contribution in [1.29, 1.82) is 0 Å². The van der Waals surface area contributed by atoms with Crippen molar-refractivity contribution >= 4 is 0 Å². The van der Waals surface area contributed by atoms with Gasteiger partial charge in [-0.2, -0.15) is 0 Å². The fourth-order valence-electron chi connectivity index (χ4n) is 2.34. The molecule has 2 atom stereocenters. The van der Waals surface area contributed by atoms with Crippen molar-refractivity contribution in [2.75, 3.05) is 13.1 Å². The predicted octanol–water partition coefficient (Wildman–Crippen LogP) is 3.15. The molecule has 1 saturated heterocycles. The summed E-state index contributed by atoms with van der Waals surface area (Å²) in [5.41, 5.74) is 0. The second kappa shape index (κ2) is 4.99. The van der Waals surface area contributed by atoms with Crippen molar-refractivity contribution < 1.29 is 0 Å². The lowest BCUT2D eigenvalue weighted by atomic mass is 9.93. The third-order valence-corrected chi connectivity index (χ3v) is 3.46. The van der Waals surface area contributed by atoms with Gasteiger partial charge in [0.05, 0.1) is 0 Å². The standard InChI is InChI=1S/C12H25N/c1-5-6-7-12-9-13(10(2)3)8-11(12)4/h10-12H,5-9H2,1-4H3/t11-,12+/m0/s1. The van der Waals surface area contributed by atoms with E-state index in [9.17, 15) is 0 Å². The molecule has 0 spiro atoms. The lowest BCUT2D eigenvalue weighted by Gasteiger charge is -2.20. The summed E-state index contributed by atoms with van der Waals surface area (Å²) >= 11 is 0. The Bertz CT molecular complexity index is 142. The van der Waals surface area contributed by atoms with Crippen LogP contribution in [0.5, 0.6) is 0 Å². The Morgan fingerprint density at radius 2 is 2.00 bits per heavy atom. The van der Waals surface area contributed by atoms with E-state index in [1.807, 2.05) is 0 Å². The molecule has 1 fully saturated rings. The second-order valence-corrected chi connectivity index (χ2v) is 4.93. The van der Waals surface area contributed by atoms with E-state index in [0.717, 1.165) is 17.9 Å². The molecule has 0 radical (unpaired) electrons. The molecule has 0 amide bonds. The summed E-state index contributed by atoms with van der Waals surface area (Å²) in [6.45, 7) is 12.0. The minimum Gasteiger partial charge on any atom is -0.300 e. The van der Waals surface area contributed by atoms with Gasteiger partial charge in [0.2, 0.25) is 0 Å². The second-order valence-electron chi connectivity index (χ2n) is 4.93. The molecule has 0 aromatic carbocycles. The summed E-state index contributed by atoms with van der Waals surface area (Å²) in [4.78, 5) is 2.63. The highest BCUT2D eigenvalue weighted by atomic mass is 15.2. The minimum absolute atomic E-state index is 0.745. The first-order valence-corrected chi connectivity index (χ1v) is 5.89. The molecule has 1 heteroatoms. The van der Waals surface area contributed by atoms with Crippen molar-refractivity contribution in [2.45, 2.75) is 53.0 Å². The third kappa shape index (κ3) is 2.98. The van der Waals surface area contributed by atoms with Gasteiger partial charge in [-0.3, -0.25) is 0 Å². The van der Waals surface area contributed by atoms with Crippen molar-refractivity contribution in [3.63, 3.8) is 0 Å². The summed E-state index contributed by atoms with van der Waals surface area (Å²) in [7, 11) is 0. The minimum atomic E-state index is 0.745. The molecule has 78 valence electrons. The molecule has 0 aromatic heterocycles. The first-order chi connectivity index (χ1) is 6.15. The molecule has 1 rings (SSSR count). The highest BCUT2D eigenvalue weighted by molar-refractivity contribution is 4.82. The molecule has 0 saturated carbocycles. The first kappa shape index (κ1) is 11.0. The number of hydrogen-bond donors (Lipinski definition) is 0. The average Bonchev–Trinajstić information content (AvgIpc) is 2.44. The van der Waals surface area contributed by atoms with Crippen molar-refractivity contribution in [3.05, 3.63) is 0 Å². The lowest BCUT2D eigenvalue weighted by Crippen LogP contribution is -2.28. The molecule has 0 bridgehead atoms. The first-order valence-electron chi connectivity index (χ1n) is 5.89. The summed E-state index contributed by atoms with van der Waals surface area (Å²) in [6.07, 6.45) is 4.22. The zero-order valence-electron chi connectivity index (χ0n) is 9.71. The topological polar surface area (TPSA) is 3.24 Å². The maximum atomic E-state index is 2.63. The van der Waals surface area contributed by atoms with Crippen LogP contribution in [0.2, 0.25) is 0 Å². The molecular formula is C12H25N. The summed E-state index contributed by atoms with van der Waals surface area (Å²) in [5.74, 6) is 1.90. The van der Waals surface area contributed by atoms with Gasteiger partial charge >= 0.3 is 0 Å². The Labute approximate surface area is 83.5 Å². The van der Waals surface area contributed by atoms with Crippen LogP contribution in [0.4, 0.5) is 0 Å². The van der Waals surface area contributed by atoms with Crippen LogP contribution >= 0.6 is 0 Å². The SMILES string of the molecule is CCCC[C@@H]1CN(C(C)C)C[C@@H]1C. The Kier molecular flexibility index (Phi) is 4.24. The van der Waals surface area contributed by atoms with E-state index in [4.69, 9.17) is 0 Å². The maximum absolute atomic E-state index is 2.63.